The minimum atomic E-state index is -0.272. The van der Waals surface area contributed by atoms with Crippen molar-refractivity contribution in [3.63, 3.8) is 0 Å². The Morgan fingerprint density at radius 1 is 1.07 bits per heavy atom. The summed E-state index contributed by atoms with van der Waals surface area (Å²) in [5.41, 5.74) is 1.31. The van der Waals surface area contributed by atoms with E-state index in [-0.39, 0.29) is 5.91 Å². The van der Waals surface area contributed by atoms with Gasteiger partial charge in [-0.1, -0.05) is 17.4 Å². The molecule has 1 heterocycles. The van der Waals surface area contributed by atoms with Gasteiger partial charge in [-0.2, -0.15) is 0 Å². The highest BCUT2D eigenvalue weighted by atomic mass is 32.1. The van der Waals surface area contributed by atoms with Gasteiger partial charge in [0.1, 0.15) is 10.8 Å². The van der Waals surface area contributed by atoms with E-state index in [2.05, 4.69) is 15.5 Å². The Morgan fingerprint density at radius 2 is 1.89 bits per heavy atom. The number of hydrogen-bond acceptors (Lipinski definition) is 7. The average Bonchev–Trinajstić information content (AvgIpc) is 3.16. The molecule has 0 fully saturated rings. The third-order valence-corrected chi connectivity index (χ3v) is 4.57. The predicted octanol–water partition coefficient (Wildman–Crippen LogP) is 3.87. The van der Waals surface area contributed by atoms with E-state index < -0.39 is 0 Å². The number of hydrogen-bond donors (Lipinski definition) is 1. The molecule has 0 bridgehead atoms. The second kappa shape index (κ2) is 8.50. The molecule has 0 unspecified atom stereocenters. The normalized spacial score (nSPS) is 10.3. The zero-order valence-corrected chi connectivity index (χ0v) is 16.0. The van der Waals surface area contributed by atoms with E-state index in [9.17, 15) is 4.79 Å². The Balaban J connectivity index is 1.76. The van der Waals surface area contributed by atoms with Crippen LogP contribution in [0.5, 0.6) is 17.2 Å². The molecule has 0 atom stereocenters. The Labute approximate surface area is 160 Å². The van der Waals surface area contributed by atoms with E-state index in [4.69, 9.17) is 14.2 Å². The van der Waals surface area contributed by atoms with Crippen molar-refractivity contribution >= 4 is 22.4 Å². The lowest BCUT2D eigenvalue weighted by Gasteiger charge is -2.07. The van der Waals surface area contributed by atoms with Gasteiger partial charge in [-0.25, -0.2) is 0 Å². The van der Waals surface area contributed by atoms with Gasteiger partial charge in [0.2, 0.25) is 5.13 Å². The van der Waals surface area contributed by atoms with Gasteiger partial charge in [0, 0.05) is 11.1 Å². The van der Waals surface area contributed by atoms with Gasteiger partial charge in [-0.15, -0.1) is 10.2 Å². The number of rotatable bonds is 7. The van der Waals surface area contributed by atoms with Crippen LogP contribution in [0.3, 0.4) is 0 Å². The molecule has 0 spiro atoms. The Morgan fingerprint density at radius 3 is 2.63 bits per heavy atom. The fourth-order valence-corrected chi connectivity index (χ4v) is 3.16. The van der Waals surface area contributed by atoms with E-state index in [1.807, 2.05) is 19.1 Å². The smallest absolute Gasteiger partial charge is 0.257 e. The number of carbonyl (C=O) groups is 1. The van der Waals surface area contributed by atoms with E-state index in [1.165, 1.54) is 11.3 Å². The summed E-state index contributed by atoms with van der Waals surface area (Å²) in [7, 11) is 3.15. The van der Waals surface area contributed by atoms with Crippen LogP contribution in [0.15, 0.2) is 42.5 Å². The quantitative estimate of drug-likeness (QED) is 0.665. The van der Waals surface area contributed by atoms with Gasteiger partial charge in [0.25, 0.3) is 5.91 Å². The first-order valence-electron chi connectivity index (χ1n) is 8.24. The largest absolute Gasteiger partial charge is 0.494 e. The first kappa shape index (κ1) is 18.7. The average molecular weight is 385 g/mol. The molecule has 0 radical (unpaired) electrons. The van der Waals surface area contributed by atoms with E-state index in [0.717, 1.165) is 5.56 Å². The van der Waals surface area contributed by atoms with Gasteiger partial charge in [-0.3, -0.25) is 10.1 Å². The minimum absolute atomic E-state index is 0.272. The van der Waals surface area contributed by atoms with Crippen molar-refractivity contribution in [1.82, 2.24) is 10.2 Å². The lowest BCUT2D eigenvalue weighted by Crippen LogP contribution is -2.11. The summed E-state index contributed by atoms with van der Waals surface area (Å²) in [5, 5.41) is 12.0. The maximum atomic E-state index is 12.4. The zero-order valence-electron chi connectivity index (χ0n) is 15.2. The molecule has 0 aliphatic rings. The molecule has 0 aliphatic heterocycles. The van der Waals surface area contributed by atoms with Crippen molar-refractivity contribution in [1.29, 1.82) is 0 Å². The molecule has 3 rings (SSSR count). The predicted molar refractivity (Wildman–Crippen MR) is 104 cm³/mol. The SMILES string of the molecule is CCOc1cccc(C(=O)Nc2nnc(-c3ccc(OC)c(OC)c3)s2)c1. The number of benzene rings is 2. The Bertz CT molecular complexity index is 942. The van der Waals surface area contributed by atoms with Crippen molar-refractivity contribution in [2.45, 2.75) is 6.92 Å². The summed E-state index contributed by atoms with van der Waals surface area (Å²) in [5.74, 6) is 1.61. The van der Waals surface area contributed by atoms with Crippen LogP contribution >= 0.6 is 11.3 Å². The second-order valence-corrected chi connectivity index (χ2v) is 6.37. The Hall–Kier alpha value is -3.13. The lowest BCUT2D eigenvalue weighted by atomic mass is 10.2. The summed E-state index contributed by atoms with van der Waals surface area (Å²) in [4.78, 5) is 12.4. The van der Waals surface area contributed by atoms with Crippen LogP contribution in [-0.2, 0) is 0 Å². The molecule has 0 saturated carbocycles. The van der Waals surface area contributed by atoms with Crippen LogP contribution in [0.4, 0.5) is 5.13 Å². The first-order valence-corrected chi connectivity index (χ1v) is 9.06. The van der Waals surface area contributed by atoms with Crippen molar-refractivity contribution in [2.75, 3.05) is 26.1 Å². The van der Waals surface area contributed by atoms with Crippen molar-refractivity contribution in [3.05, 3.63) is 48.0 Å². The third-order valence-electron chi connectivity index (χ3n) is 3.68. The minimum Gasteiger partial charge on any atom is -0.494 e. The first-order chi connectivity index (χ1) is 13.1. The molecule has 7 nitrogen and oxygen atoms in total. The molecule has 0 aliphatic carbocycles. The second-order valence-electron chi connectivity index (χ2n) is 5.40. The van der Waals surface area contributed by atoms with Gasteiger partial charge in [0.05, 0.1) is 20.8 Å². The monoisotopic (exact) mass is 385 g/mol. The molecule has 1 amide bonds. The van der Waals surface area contributed by atoms with E-state index >= 15 is 0 Å². The highest BCUT2D eigenvalue weighted by Crippen LogP contribution is 2.34. The summed E-state index contributed by atoms with van der Waals surface area (Å²) in [6, 6.07) is 12.5. The maximum Gasteiger partial charge on any atom is 0.257 e. The Kier molecular flexibility index (Phi) is 5.87. The summed E-state index contributed by atoms with van der Waals surface area (Å²) in [6.07, 6.45) is 0. The molecule has 1 aromatic heterocycles. The van der Waals surface area contributed by atoms with Crippen LogP contribution in [0.2, 0.25) is 0 Å². The fourth-order valence-electron chi connectivity index (χ4n) is 2.42. The van der Waals surface area contributed by atoms with Crippen molar-refractivity contribution < 1.29 is 19.0 Å². The lowest BCUT2D eigenvalue weighted by molar-refractivity contribution is 0.102. The number of nitrogens with zero attached hydrogens (tertiary/aromatic N) is 2. The zero-order chi connectivity index (χ0) is 19.2. The number of aromatic nitrogens is 2. The number of nitrogens with one attached hydrogen (secondary N) is 1. The highest BCUT2D eigenvalue weighted by molar-refractivity contribution is 7.18. The molecule has 27 heavy (non-hydrogen) atoms. The molecular weight excluding hydrogens is 366 g/mol. The number of methoxy groups -OCH3 is 2. The molecular formula is C19H19N3O4S. The fraction of sp³-hybridized carbons (Fsp3) is 0.211. The molecule has 140 valence electrons. The maximum absolute atomic E-state index is 12.4. The van der Waals surface area contributed by atoms with E-state index in [0.29, 0.717) is 39.6 Å². The van der Waals surface area contributed by atoms with E-state index in [1.54, 1.807) is 44.6 Å². The summed E-state index contributed by atoms with van der Waals surface area (Å²) in [6.45, 7) is 2.43. The standard InChI is InChI=1S/C19H19N3O4S/c1-4-26-14-7-5-6-12(10-14)17(23)20-19-22-21-18(27-19)13-8-9-15(24-2)16(11-13)25-3/h5-11H,4H2,1-3H3,(H,20,22,23). The van der Waals surface area contributed by atoms with Gasteiger partial charge in [-0.05, 0) is 43.3 Å². The highest BCUT2D eigenvalue weighted by Gasteiger charge is 2.14. The molecule has 1 N–H and O–H groups in total. The number of anilines is 1. The van der Waals surface area contributed by atoms with Crippen LogP contribution < -0.4 is 19.5 Å². The molecule has 8 heteroatoms. The van der Waals surface area contributed by atoms with Crippen molar-refractivity contribution in [3.8, 4) is 27.8 Å². The number of carbonyl (C=O) groups excluding carboxylic acids is 1. The van der Waals surface area contributed by atoms with Crippen LogP contribution in [0.25, 0.3) is 10.6 Å². The molecule has 2 aromatic carbocycles. The molecule has 3 aromatic rings. The molecule has 0 saturated heterocycles. The van der Waals surface area contributed by atoms with Gasteiger partial charge < -0.3 is 14.2 Å². The van der Waals surface area contributed by atoms with Gasteiger partial charge in [0.15, 0.2) is 11.5 Å². The summed E-state index contributed by atoms with van der Waals surface area (Å²) < 4.78 is 16.0. The van der Waals surface area contributed by atoms with Crippen molar-refractivity contribution in [2.24, 2.45) is 0 Å². The summed E-state index contributed by atoms with van der Waals surface area (Å²) >= 11 is 1.27. The topological polar surface area (TPSA) is 82.6 Å². The van der Waals surface area contributed by atoms with Gasteiger partial charge >= 0.3 is 0 Å². The third kappa shape index (κ3) is 4.35. The number of amides is 1. The number of ether oxygens (including phenoxy) is 3. The van der Waals surface area contributed by atoms with Crippen LogP contribution in [0, 0.1) is 0 Å². The van der Waals surface area contributed by atoms with Crippen LogP contribution in [0.1, 0.15) is 17.3 Å². The van der Waals surface area contributed by atoms with Crippen LogP contribution in [-0.4, -0.2) is 36.9 Å².